The molecule has 0 radical (unpaired) electrons. The van der Waals surface area contributed by atoms with Gasteiger partial charge in [-0.15, -0.1) is 0 Å². The minimum Gasteiger partial charge on any atom is -0.338 e. The van der Waals surface area contributed by atoms with Crippen LogP contribution in [0.25, 0.3) is 0 Å². The van der Waals surface area contributed by atoms with Gasteiger partial charge in [-0.1, -0.05) is 43.3 Å². The quantitative estimate of drug-likeness (QED) is 0.855. The summed E-state index contributed by atoms with van der Waals surface area (Å²) in [6, 6.07) is 16.4. The van der Waals surface area contributed by atoms with Crippen molar-refractivity contribution in [3.8, 4) is 0 Å². The third kappa shape index (κ3) is 3.12. The number of carbonyl (C=O) groups is 2. The molecule has 4 rings (SSSR count). The second-order valence-electron chi connectivity index (χ2n) is 7.20. The van der Waals surface area contributed by atoms with Crippen molar-refractivity contribution in [3.63, 3.8) is 0 Å². The normalized spacial score (nSPS) is 19.6. The minimum atomic E-state index is -0.237. The van der Waals surface area contributed by atoms with E-state index in [0.717, 1.165) is 25.1 Å². The molecular formula is C22H24N2O2. The molecule has 26 heavy (non-hydrogen) atoms. The maximum absolute atomic E-state index is 13.0. The summed E-state index contributed by atoms with van der Waals surface area (Å²) in [6.45, 7) is 4.00. The summed E-state index contributed by atoms with van der Waals surface area (Å²) in [7, 11) is 0. The zero-order valence-electron chi connectivity index (χ0n) is 15.1. The highest BCUT2D eigenvalue weighted by Gasteiger charge is 2.37. The van der Waals surface area contributed by atoms with Crippen LogP contribution in [0, 0.1) is 5.92 Å². The third-order valence-electron chi connectivity index (χ3n) is 5.57. The zero-order valence-corrected chi connectivity index (χ0v) is 15.1. The highest BCUT2D eigenvalue weighted by Crippen LogP contribution is 2.28. The van der Waals surface area contributed by atoms with Crippen molar-refractivity contribution in [1.29, 1.82) is 0 Å². The summed E-state index contributed by atoms with van der Waals surface area (Å²) < 4.78 is 0. The zero-order chi connectivity index (χ0) is 18.1. The van der Waals surface area contributed by atoms with Gasteiger partial charge in [-0.05, 0) is 41.7 Å². The number of hydrogen-bond donors (Lipinski definition) is 0. The third-order valence-corrected chi connectivity index (χ3v) is 5.57. The molecule has 0 saturated carbocycles. The standard InChI is InChI=1S/C22H24N2O2/c1-2-16-7-9-20(10-8-16)24-15-19(13-21(24)25)22(26)23-12-11-17-5-3-4-6-18(17)14-23/h3-10,19H,2,11-15H2,1H3/t19-/m1/s1. The fourth-order valence-corrected chi connectivity index (χ4v) is 3.98. The summed E-state index contributed by atoms with van der Waals surface area (Å²) in [5.74, 6) is -0.0795. The molecule has 0 unspecified atom stereocenters. The number of benzene rings is 2. The van der Waals surface area contributed by atoms with Crippen LogP contribution < -0.4 is 4.90 Å². The number of hydrogen-bond acceptors (Lipinski definition) is 2. The van der Waals surface area contributed by atoms with Crippen molar-refractivity contribution in [2.24, 2.45) is 5.92 Å². The van der Waals surface area contributed by atoms with Gasteiger partial charge >= 0.3 is 0 Å². The van der Waals surface area contributed by atoms with E-state index in [1.54, 1.807) is 4.90 Å². The van der Waals surface area contributed by atoms with Crippen molar-refractivity contribution in [2.75, 3.05) is 18.0 Å². The highest BCUT2D eigenvalue weighted by molar-refractivity contribution is 6.00. The number of aryl methyl sites for hydroxylation is 1. The Hall–Kier alpha value is -2.62. The number of carbonyl (C=O) groups excluding carboxylic acids is 2. The average Bonchev–Trinajstić information content (AvgIpc) is 3.08. The molecular weight excluding hydrogens is 324 g/mol. The summed E-state index contributed by atoms with van der Waals surface area (Å²) in [5.41, 5.74) is 4.70. The van der Waals surface area contributed by atoms with Crippen LogP contribution in [0.4, 0.5) is 5.69 Å². The molecule has 2 aliphatic heterocycles. The Morgan fingerprint density at radius 2 is 1.81 bits per heavy atom. The number of rotatable bonds is 3. The van der Waals surface area contributed by atoms with Gasteiger partial charge in [-0.25, -0.2) is 0 Å². The molecule has 2 aromatic rings. The van der Waals surface area contributed by atoms with E-state index in [9.17, 15) is 9.59 Å². The van der Waals surface area contributed by atoms with Gasteiger partial charge in [-0.3, -0.25) is 9.59 Å². The monoisotopic (exact) mass is 348 g/mol. The second kappa shape index (κ2) is 6.94. The van der Waals surface area contributed by atoms with Crippen molar-refractivity contribution in [3.05, 3.63) is 65.2 Å². The predicted octanol–water partition coefficient (Wildman–Crippen LogP) is 3.19. The fraction of sp³-hybridized carbons (Fsp3) is 0.364. The Labute approximate surface area is 154 Å². The van der Waals surface area contributed by atoms with Crippen LogP contribution in [0.1, 0.15) is 30.0 Å². The molecule has 4 heteroatoms. The number of amides is 2. The fourth-order valence-electron chi connectivity index (χ4n) is 3.98. The first kappa shape index (κ1) is 16.8. The molecule has 1 saturated heterocycles. The minimum absolute atomic E-state index is 0.0463. The van der Waals surface area contributed by atoms with Crippen LogP contribution in [0.5, 0.6) is 0 Å². The molecule has 0 bridgehead atoms. The van der Waals surface area contributed by atoms with E-state index in [1.165, 1.54) is 16.7 Å². The largest absolute Gasteiger partial charge is 0.338 e. The van der Waals surface area contributed by atoms with Crippen LogP contribution in [-0.2, 0) is 29.0 Å². The molecule has 0 aliphatic carbocycles. The average molecular weight is 348 g/mol. The van der Waals surface area contributed by atoms with E-state index in [2.05, 4.69) is 31.2 Å². The maximum Gasteiger partial charge on any atom is 0.228 e. The van der Waals surface area contributed by atoms with Gasteiger partial charge in [0.25, 0.3) is 0 Å². The van der Waals surface area contributed by atoms with Crippen molar-refractivity contribution in [2.45, 2.75) is 32.7 Å². The van der Waals surface area contributed by atoms with Crippen molar-refractivity contribution >= 4 is 17.5 Å². The molecule has 134 valence electrons. The lowest BCUT2D eigenvalue weighted by Crippen LogP contribution is -2.40. The van der Waals surface area contributed by atoms with Gasteiger partial charge in [0.2, 0.25) is 11.8 Å². The van der Waals surface area contributed by atoms with Crippen LogP contribution in [-0.4, -0.2) is 29.8 Å². The first-order chi connectivity index (χ1) is 12.7. The summed E-state index contributed by atoms with van der Waals surface area (Å²) in [6.07, 6.45) is 2.18. The molecule has 0 N–H and O–H groups in total. The Balaban J connectivity index is 1.45. The molecule has 2 heterocycles. The lowest BCUT2D eigenvalue weighted by Gasteiger charge is -2.30. The maximum atomic E-state index is 13.0. The lowest BCUT2D eigenvalue weighted by atomic mass is 9.98. The smallest absolute Gasteiger partial charge is 0.228 e. The number of anilines is 1. The Kier molecular flexibility index (Phi) is 4.49. The van der Waals surface area contributed by atoms with E-state index in [0.29, 0.717) is 19.5 Å². The molecule has 2 aromatic carbocycles. The molecule has 0 aromatic heterocycles. The topological polar surface area (TPSA) is 40.6 Å². The summed E-state index contributed by atoms with van der Waals surface area (Å²) >= 11 is 0. The van der Waals surface area contributed by atoms with E-state index < -0.39 is 0 Å². The SMILES string of the molecule is CCc1ccc(N2C[C@H](C(=O)N3CCc4ccccc4C3)CC2=O)cc1. The van der Waals surface area contributed by atoms with Crippen LogP contribution >= 0.6 is 0 Å². The molecule has 0 spiro atoms. The Bertz CT molecular complexity index is 828. The first-order valence-corrected chi connectivity index (χ1v) is 9.40. The van der Waals surface area contributed by atoms with E-state index in [4.69, 9.17) is 0 Å². The molecule has 1 atom stereocenters. The van der Waals surface area contributed by atoms with Gasteiger partial charge in [0, 0.05) is 31.7 Å². The van der Waals surface area contributed by atoms with Crippen molar-refractivity contribution in [1.82, 2.24) is 4.90 Å². The van der Waals surface area contributed by atoms with E-state index in [1.807, 2.05) is 29.2 Å². The van der Waals surface area contributed by atoms with E-state index in [-0.39, 0.29) is 17.7 Å². The molecule has 2 amide bonds. The van der Waals surface area contributed by atoms with Crippen LogP contribution in [0.2, 0.25) is 0 Å². The lowest BCUT2D eigenvalue weighted by molar-refractivity contribution is -0.136. The Morgan fingerprint density at radius 3 is 2.54 bits per heavy atom. The van der Waals surface area contributed by atoms with Gasteiger partial charge in [0.1, 0.15) is 0 Å². The number of fused-ring (bicyclic) bond motifs is 1. The van der Waals surface area contributed by atoms with E-state index >= 15 is 0 Å². The summed E-state index contributed by atoms with van der Waals surface area (Å²) in [5, 5.41) is 0. The van der Waals surface area contributed by atoms with Crippen LogP contribution in [0.3, 0.4) is 0 Å². The summed E-state index contributed by atoms with van der Waals surface area (Å²) in [4.78, 5) is 29.1. The second-order valence-corrected chi connectivity index (χ2v) is 7.20. The molecule has 4 nitrogen and oxygen atoms in total. The Morgan fingerprint density at radius 1 is 1.08 bits per heavy atom. The van der Waals surface area contributed by atoms with Crippen molar-refractivity contribution < 1.29 is 9.59 Å². The van der Waals surface area contributed by atoms with Gasteiger partial charge in [0.05, 0.1) is 5.92 Å². The highest BCUT2D eigenvalue weighted by atomic mass is 16.2. The van der Waals surface area contributed by atoms with Crippen LogP contribution in [0.15, 0.2) is 48.5 Å². The molecule has 1 fully saturated rings. The number of nitrogens with zero attached hydrogens (tertiary/aromatic N) is 2. The predicted molar refractivity (Wildman–Crippen MR) is 102 cm³/mol. The van der Waals surface area contributed by atoms with Gasteiger partial charge in [-0.2, -0.15) is 0 Å². The molecule has 2 aliphatic rings. The van der Waals surface area contributed by atoms with Gasteiger partial charge < -0.3 is 9.80 Å². The first-order valence-electron chi connectivity index (χ1n) is 9.40. The van der Waals surface area contributed by atoms with Gasteiger partial charge in [0.15, 0.2) is 0 Å².